The summed E-state index contributed by atoms with van der Waals surface area (Å²) in [6, 6.07) is 7.00. The number of ketones is 1. The lowest BCUT2D eigenvalue weighted by Crippen LogP contribution is -2.17. The Morgan fingerprint density at radius 2 is 2.15 bits per heavy atom. The first-order chi connectivity index (χ1) is 9.78. The van der Waals surface area contributed by atoms with Crippen LogP contribution in [0.25, 0.3) is 0 Å². The molecule has 4 heteroatoms. The van der Waals surface area contributed by atoms with Crippen LogP contribution >= 0.6 is 0 Å². The van der Waals surface area contributed by atoms with Crippen molar-refractivity contribution in [2.75, 3.05) is 6.61 Å². The molecule has 1 atom stereocenters. The Labute approximate surface area is 120 Å². The second-order valence-corrected chi connectivity index (χ2v) is 5.71. The van der Waals surface area contributed by atoms with Gasteiger partial charge in [-0.05, 0) is 26.0 Å². The molecule has 0 amide bonds. The van der Waals surface area contributed by atoms with E-state index in [4.69, 9.17) is 6.11 Å². The SMILES string of the molecule is [2H]C(=O)CC(C)C(=O)c1ccc(C2=NC(C)(C)CO2)cc1. The lowest BCUT2D eigenvalue weighted by molar-refractivity contribution is -0.108. The fraction of sp³-hybridized carbons (Fsp3) is 0.438. The maximum atomic E-state index is 12.1. The standard InChI is InChI=1S/C16H19NO3/c1-11(8-9-18)14(19)12-4-6-13(7-5-12)15-17-16(2,3)10-20-15/h4-7,9,11H,8,10H2,1-3H3/i9D. The first-order valence-corrected chi connectivity index (χ1v) is 6.65. The average Bonchev–Trinajstić information content (AvgIpc) is 2.77. The second kappa shape index (κ2) is 5.57. The van der Waals surface area contributed by atoms with Crippen molar-refractivity contribution in [2.45, 2.75) is 32.7 Å². The summed E-state index contributed by atoms with van der Waals surface area (Å²) in [5.41, 5.74) is 1.15. The highest BCUT2D eigenvalue weighted by atomic mass is 16.5. The van der Waals surface area contributed by atoms with E-state index in [1.54, 1.807) is 31.2 Å². The minimum Gasteiger partial charge on any atom is -0.475 e. The maximum absolute atomic E-state index is 12.1. The Morgan fingerprint density at radius 3 is 2.65 bits per heavy atom. The predicted molar refractivity (Wildman–Crippen MR) is 77.2 cm³/mol. The molecule has 0 saturated heterocycles. The topological polar surface area (TPSA) is 55.7 Å². The molecule has 0 fully saturated rings. The highest BCUT2D eigenvalue weighted by molar-refractivity contribution is 6.00. The minimum atomic E-state index is -0.719. The Morgan fingerprint density at radius 1 is 1.50 bits per heavy atom. The summed E-state index contributed by atoms with van der Waals surface area (Å²) in [5, 5.41) is 0. The van der Waals surface area contributed by atoms with Gasteiger partial charge in [0.15, 0.2) is 5.78 Å². The fourth-order valence-corrected chi connectivity index (χ4v) is 2.01. The Bertz CT molecular complexity index is 590. The van der Waals surface area contributed by atoms with E-state index in [1.165, 1.54) is 0 Å². The number of carbonyl (C=O) groups is 2. The monoisotopic (exact) mass is 274 g/mol. The molecule has 1 aromatic rings. The van der Waals surface area contributed by atoms with Gasteiger partial charge < -0.3 is 9.53 Å². The molecule has 1 heterocycles. The summed E-state index contributed by atoms with van der Waals surface area (Å²) in [5.74, 6) is -0.00926. The molecular weight excluding hydrogens is 254 g/mol. The van der Waals surface area contributed by atoms with E-state index in [9.17, 15) is 9.59 Å². The van der Waals surface area contributed by atoms with E-state index >= 15 is 0 Å². The molecule has 0 aliphatic carbocycles. The van der Waals surface area contributed by atoms with E-state index in [0.29, 0.717) is 18.1 Å². The van der Waals surface area contributed by atoms with E-state index in [1.807, 2.05) is 13.8 Å². The lowest BCUT2D eigenvalue weighted by Gasteiger charge is -2.08. The Balaban J connectivity index is 2.13. The summed E-state index contributed by atoms with van der Waals surface area (Å²) >= 11 is 0. The number of hydrogen-bond acceptors (Lipinski definition) is 4. The average molecular weight is 274 g/mol. The van der Waals surface area contributed by atoms with Crippen LogP contribution in [0.4, 0.5) is 0 Å². The van der Waals surface area contributed by atoms with Crippen LogP contribution in [0.2, 0.25) is 0 Å². The van der Waals surface area contributed by atoms with Gasteiger partial charge in [0.1, 0.15) is 14.2 Å². The van der Waals surface area contributed by atoms with Gasteiger partial charge in [0.2, 0.25) is 5.90 Å². The zero-order valence-corrected chi connectivity index (χ0v) is 12.0. The van der Waals surface area contributed by atoms with Crippen molar-refractivity contribution in [2.24, 2.45) is 10.9 Å². The van der Waals surface area contributed by atoms with Crippen LogP contribution in [0.1, 0.15) is 44.5 Å². The molecular formula is C16H19NO3. The number of aldehydes is 1. The number of aliphatic imine (C=N–C) groups is 1. The van der Waals surface area contributed by atoms with Gasteiger partial charge in [-0.1, -0.05) is 19.1 Å². The third-order valence-electron chi connectivity index (χ3n) is 3.22. The molecule has 20 heavy (non-hydrogen) atoms. The van der Waals surface area contributed by atoms with Crippen LogP contribution in [0.3, 0.4) is 0 Å². The summed E-state index contributed by atoms with van der Waals surface area (Å²) < 4.78 is 12.5. The minimum absolute atomic E-state index is 0.0510. The van der Waals surface area contributed by atoms with Gasteiger partial charge in [0, 0.05) is 23.5 Å². The normalized spacial score (nSPS) is 18.8. The molecule has 1 aliphatic heterocycles. The quantitative estimate of drug-likeness (QED) is 0.612. The third kappa shape index (κ3) is 3.13. The summed E-state index contributed by atoms with van der Waals surface area (Å²) in [4.78, 5) is 27.4. The number of nitrogens with zero attached hydrogens (tertiary/aromatic N) is 1. The lowest BCUT2D eigenvalue weighted by atomic mass is 9.96. The van der Waals surface area contributed by atoms with Gasteiger partial charge in [0.25, 0.3) is 0 Å². The van der Waals surface area contributed by atoms with Crippen molar-refractivity contribution >= 4 is 17.9 Å². The zero-order valence-electron chi connectivity index (χ0n) is 13.0. The molecule has 0 N–H and O–H groups in total. The molecule has 0 saturated carbocycles. The molecule has 1 unspecified atom stereocenters. The van der Waals surface area contributed by atoms with E-state index in [0.717, 1.165) is 5.56 Å². The number of ether oxygens (including phenoxy) is 1. The van der Waals surface area contributed by atoms with Crippen LogP contribution in [-0.2, 0) is 9.53 Å². The number of hydrogen-bond donors (Lipinski definition) is 0. The summed E-state index contributed by atoms with van der Waals surface area (Å²) in [6.45, 7) is 6.20. The van der Waals surface area contributed by atoms with Gasteiger partial charge in [-0.15, -0.1) is 0 Å². The van der Waals surface area contributed by atoms with E-state index in [2.05, 4.69) is 4.99 Å². The molecule has 1 aromatic carbocycles. The Kier molecular flexibility index (Phi) is 3.63. The molecule has 0 bridgehead atoms. The molecule has 0 radical (unpaired) electrons. The van der Waals surface area contributed by atoms with Crippen molar-refractivity contribution in [3.8, 4) is 0 Å². The zero-order chi connectivity index (χ0) is 15.6. The van der Waals surface area contributed by atoms with Crippen LogP contribution in [0.5, 0.6) is 0 Å². The van der Waals surface area contributed by atoms with E-state index < -0.39 is 12.2 Å². The molecule has 2 rings (SSSR count). The van der Waals surface area contributed by atoms with Crippen LogP contribution in [-0.4, -0.2) is 30.1 Å². The molecule has 106 valence electrons. The first-order valence-electron chi connectivity index (χ1n) is 7.15. The van der Waals surface area contributed by atoms with Crippen LogP contribution in [0, 0.1) is 5.92 Å². The van der Waals surface area contributed by atoms with Crippen molar-refractivity contribution in [1.82, 2.24) is 0 Å². The van der Waals surface area contributed by atoms with Gasteiger partial charge in [-0.25, -0.2) is 4.99 Å². The predicted octanol–water partition coefficient (Wildman–Crippen LogP) is 2.65. The fourth-order valence-electron chi connectivity index (χ4n) is 2.01. The molecule has 0 spiro atoms. The smallest absolute Gasteiger partial charge is 0.216 e. The van der Waals surface area contributed by atoms with Gasteiger partial charge in [-0.2, -0.15) is 0 Å². The first kappa shape index (κ1) is 13.0. The van der Waals surface area contributed by atoms with Crippen molar-refractivity contribution in [3.05, 3.63) is 35.4 Å². The molecule has 1 aliphatic rings. The number of Topliss-reactive ketones (excluding diaryl/α,β-unsaturated/α-hetero) is 1. The van der Waals surface area contributed by atoms with Gasteiger partial charge in [0.05, 0.1) is 5.54 Å². The Hall–Kier alpha value is -1.97. The highest BCUT2D eigenvalue weighted by Gasteiger charge is 2.27. The van der Waals surface area contributed by atoms with Gasteiger partial charge in [-0.3, -0.25) is 4.79 Å². The maximum Gasteiger partial charge on any atom is 0.216 e. The van der Waals surface area contributed by atoms with Crippen molar-refractivity contribution < 1.29 is 15.7 Å². The second-order valence-electron chi connectivity index (χ2n) is 5.71. The summed E-state index contributed by atoms with van der Waals surface area (Å²) in [6.07, 6.45) is -0.770. The largest absolute Gasteiger partial charge is 0.475 e. The van der Waals surface area contributed by atoms with E-state index in [-0.39, 0.29) is 17.7 Å². The number of rotatable bonds is 5. The number of benzene rings is 1. The third-order valence-corrected chi connectivity index (χ3v) is 3.22. The van der Waals surface area contributed by atoms with Crippen molar-refractivity contribution in [1.29, 1.82) is 0 Å². The van der Waals surface area contributed by atoms with Gasteiger partial charge >= 0.3 is 0 Å². The molecule has 4 nitrogen and oxygen atoms in total. The number of carbonyl (C=O) groups excluding carboxylic acids is 2. The van der Waals surface area contributed by atoms with Crippen LogP contribution in [0.15, 0.2) is 29.3 Å². The van der Waals surface area contributed by atoms with Crippen molar-refractivity contribution in [3.63, 3.8) is 0 Å². The van der Waals surface area contributed by atoms with Crippen LogP contribution < -0.4 is 0 Å². The highest BCUT2D eigenvalue weighted by Crippen LogP contribution is 2.21. The summed E-state index contributed by atoms with van der Waals surface area (Å²) in [7, 11) is 0. The molecule has 0 aromatic heterocycles.